The van der Waals surface area contributed by atoms with Gasteiger partial charge in [-0.05, 0) is 31.4 Å². The molecule has 0 spiro atoms. The molecule has 1 aromatic carbocycles. The summed E-state index contributed by atoms with van der Waals surface area (Å²) in [4.78, 5) is 16.5. The van der Waals surface area contributed by atoms with Crippen LogP contribution in [0, 0.1) is 5.82 Å². The Labute approximate surface area is 143 Å². The number of nitrogens with zero attached hydrogens (tertiary/aromatic N) is 2. The molecule has 7 heteroatoms. The van der Waals surface area contributed by atoms with Crippen LogP contribution < -0.4 is 5.32 Å². The van der Waals surface area contributed by atoms with E-state index in [0.717, 1.165) is 24.3 Å². The van der Waals surface area contributed by atoms with Crippen molar-refractivity contribution in [3.8, 4) is 11.3 Å². The highest BCUT2D eigenvalue weighted by molar-refractivity contribution is 7.09. The van der Waals surface area contributed by atoms with E-state index in [9.17, 15) is 9.18 Å². The Kier molecular flexibility index (Phi) is 5.32. The Morgan fingerprint density at radius 1 is 1.29 bits per heavy atom. The second kappa shape index (κ2) is 7.83. The van der Waals surface area contributed by atoms with E-state index in [4.69, 9.17) is 0 Å². The first-order chi connectivity index (χ1) is 11.8. The number of hydrogen-bond donors (Lipinski definition) is 2. The number of unbranched alkanes of at least 4 members (excludes halogenated alkanes) is 1. The van der Waals surface area contributed by atoms with Crippen LogP contribution in [0.15, 0.2) is 42.0 Å². The molecule has 0 aliphatic carbocycles. The van der Waals surface area contributed by atoms with Gasteiger partial charge >= 0.3 is 0 Å². The number of benzene rings is 1. The van der Waals surface area contributed by atoms with Gasteiger partial charge in [-0.3, -0.25) is 9.89 Å². The van der Waals surface area contributed by atoms with E-state index in [1.165, 1.54) is 12.3 Å². The van der Waals surface area contributed by atoms with Gasteiger partial charge in [0.2, 0.25) is 0 Å². The second-order valence-corrected chi connectivity index (χ2v) is 6.26. The zero-order valence-electron chi connectivity index (χ0n) is 13.0. The van der Waals surface area contributed by atoms with Gasteiger partial charge in [-0.1, -0.05) is 12.1 Å². The number of H-pyrrole nitrogens is 1. The molecule has 2 N–H and O–H groups in total. The molecule has 3 rings (SSSR count). The predicted octanol–water partition coefficient (Wildman–Crippen LogP) is 3.43. The highest BCUT2D eigenvalue weighted by Gasteiger charge is 2.17. The zero-order valence-corrected chi connectivity index (χ0v) is 13.8. The molecule has 0 saturated heterocycles. The first-order valence-corrected chi connectivity index (χ1v) is 8.58. The van der Waals surface area contributed by atoms with Gasteiger partial charge in [0.05, 0.1) is 22.5 Å². The number of carbonyl (C=O) groups is 1. The van der Waals surface area contributed by atoms with Crippen molar-refractivity contribution in [3.05, 3.63) is 58.4 Å². The fraction of sp³-hybridized carbons (Fsp3) is 0.235. The summed E-state index contributed by atoms with van der Waals surface area (Å²) >= 11 is 1.64. The molecule has 2 aromatic heterocycles. The Morgan fingerprint density at radius 3 is 2.96 bits per heavy atom. The number of aromatic amines is 1. The van der Waals surface area contributed by atoms with Gasteiger partial charge in [-0.15, -0.1) is 11.3 Å². The topological polar surface area (TPSA) is 70.7 Å². The van der Waals surface area contributed by atoms with Crippen molar-refractivity contribution >= 4 is 17.2 Å². The molecular formula is C17H17FN4OS. The summed E-state index contributed by atoms with van der Waals surface area (Å²) in [7, 11) is 0. The molecule has 0 radical (unpaired) electrons. The van der Waals surface area contributed by atoms with Crippen LogP contribution in [0.25, 0.3) is 11.3 Å². The molecule has 0 saturated carbocycles. The normalized spacial score (nSPS) is 10.7. The average molecular weight is 344 g/mol. The molecule has 3 aromatic rings. The summed E-state index contributed by atoms with van der Waals surface area (Å²) in [6.07, 6.45) is 5.95. The van der Waals surface area contributed by atoms with Crippen LogP contribution in [0.2, 0.25) is 0 Å². The van der Waals surface area contributed by atoms with Crippen LogP contribution in [0.1, 0.15) is 28.2 Å². The first-order valence-electron chi connectivity index (χ1n) is 7.70. The Morgan fingerprint density at radius 2 is 2.17 bits per heavy atom. The number of carbonyl (C=O) groups excluding carboxylic acids is 1. The van der Waals surface area contributed by atoms with E-state index in [1.54, 1.807) is 35.7 Å². The molecule has 124 valence electrons. The van der Waals surface area contributed by atoms with Crippen LogP contribution in [-0.2, 0) is 6.42 Å². The van der Waals surface area contributed by atoms with Crippen molar-refractivity contribution < 1.29 is 9.18 Å². The fourth-order valence-corrected chi connectivity index (χ4v) is 3.07. The Hall–Kier alpha value is -2.54. The zero-order chi connectivity index (χ0) is 16.8. The second-order valence-electron chi connectivity index (χ2n) is 5.28. The lowest BCUT2D eigenvalue weighted by Crippen LogP contribution is -2.24. The molecule has 5 nitrogen and oxygen atoms in total. The number of nitrogens with one attached hydrogen (secondary N) is 2. The van der Waals surface area contributed by atoms with Crippen LogP contribution in [-0.4, -0.2) is 27.6 Å². The standard InChI is InChI=1S/C17H17FN4OS/c18-14-6-2-1-5-12(14)16-13(11-21-22-16)17(23)20-8-4-3-7-15-19-9-10-24-15/h1-2,5-6,9-11H,3-4,7-8H2,(H,20,23)(H,21,22). The molecule has 0 aliphatic rings. The summed E-state index contributed by atoms with van der Waals surface area (Å²) in [5, 5.41) is 12.5. The number of aromatic nitrogens is 3. The lowest BCUT2D eigenvalue weighted by molar-refractivity contribution is 0.0953. The minimum atomic E-state index is -0.390. The quantitative estimate of drug-likeness (QED) is 0.645. The smallest absolute Gasteiger partial charge is 0.255 e. The highest BCUT2D eigenvalue weighted by atomic mass is 32.1. The van der Waals surface area contributed by atoms with E-state index in [-0.39, 0.29) is 11.7 Å². The van der Waals surface area contributed by atoms with Crippen molar-refractivity contribution in [2.45, 2.75) is 19.3 Å². The number of thiazole rings is 1. The molecule has 0 bridgehead atoms. The van der Waals surface area contributed by atoms with Gasteiger partial charge in [0.25, 0.3) is 5.91 Å². The summed E-state index contributed by atoms with van der Waals surface area (Å²) in [6, 6.07) is 6.31. The minimum Gasteiger partial charge on any atom is -0.352 e. The van der Waals surface area contributed by atoms with Gasteiger partial charge < -0.3 is 5.32 Å². The summed E-state index contributed by atoms with van der Waals surface area (Å²) in [5.74, 6) is -0.643. The third-order valence-electron chi connectivity index (χ3n) is 3.61. The average Bonchev–Trinajstić information content (AvgIpc) is 3.26. The molecule has 0 atom stereocenters. The van der Waals surface area contributed by atoms with Crippen molar-refractivity contribution in [1.82, 2.24) is 20.5 Å². The summed E-state index contributed by atoms with van der Waals surface area (Å²) < 4.78 is 13.9. The molecule has 0 fully saturated rings. The summed E-state index contributed by atoms with van der Waals surface area (Å²) in [5.41, 5.74) is 1.08. The maximum atomic E-state index is 13.9. The molecule has 0 aliphatic heterocycles. The maximum absolute atomic E-state index is 13.9. The van der Waals surface area contributed by atoms with Crippen molar-refractivity contribution in [3.63, 3.8) is 0 Å². The lowest BCUT2D eigenvalue weighted by Gasteiger charge is -2.06. The van der Waals surface area contributed by atoms with Crippen molar-refractivity contribution in [2.24, 2.45) is 0 Å². The monoisotopic (exact) mass is 344 g/mol. The third-order valence-corrected chi connectivity index (χ3v) is 4.45. The van der Waals surface area contributed by atoms with E-state index in [1.807, 2.05) is 5.38 Å². The van der Waals surface area contributed by atoms with Gasteiger partial charge in [0.15, 0.2) is 0 Å². The summed E-state index contributed by atoms with van der Waals surface area (Å²) in [6.45, 7) is 0.562. The van der Waals surface area contributed by atoms with E-state index in [2.05, 4.69) is 20.5 Å². The Balaban J connectivity index is 1.54. The van der Waals surface area contributed by atoms with E-state index < -0.39 is 0 Å². The van der Waals surface area contributed by atoms with Crippen LogP contribution >= 0.6 is 11.3 Å². The maximum Gasteiger partial charge on any atom is 0.255 e. The van der Waals surface area contributed by atoms with Crippen molar-refractivity contribution in [1.29, 1.82) is 0 Å². The lowest BCUT2D eigenvalue weighted by atomic mass is 10.1. The SMILES string of the molecule is O=C(NCCCCc1nccs1)c1cn[nH]c1-c1ccccc1F. The molecular weight excluding hydrogens is 327 g/mol. The van der Waals surface area contributed by atoms with E-state index in [0.29, 0.717) is 23.4 Å². The number of rotatable bonds is 7. The van der Waals surface area contributed by atoms with Crippen LogP contribution in [0.4, 0.5) is 4.39 Å². The van der Waals surface area contributed by atoms with Gasteiger partial charge in [-0.25, -0.2) is 9.37 Å². The fourth-order valence-electron chi connectivity index (χ4n) is 2.40. The minimum absolute atomic E-state index is 0.253. The highest BCUT2D eigenvalue weighted by Crippen LogP contribution is 2.23. The molecule has 2 heterocycles. The van der Waals surface area contributed by atoms with Crippen LogP contribution in [0.5, 0.6) is 0 Å². The van der Waals surface area contributed by atoms with Gasteiger partial charge in [0.1, 0.15) is 5.82 Å². The van der Waals surface area contributed by atoms with E-state index >= 15 is 0 Å². The predicted molar refractivity (Wildman–Crippen MR) is 91.4 cm³/mol. The van der Waals surface area contributed by atoms with Crippen LogP contribution in [0.3, 0.4) is 0 Å². The number of halogens is 1. The number of hydrogen-bond acceptors (Lipinski definition) is 4. The molecule has 24 heavy (non-hydrogen) atoms. The van der Waals surface area contributed by atoms with Gasteiger partial charge in [-0.2, -0.15) is 5.10 Å². The van der Waals surface area contributed by atoms with Gasteiger partial charge in [0, 0.05) is 23.7 Å². The van der Waals surface area contributed by atoms with Crippen molar-refractivity contribution in [2.75, 3.05) is 6.54 Å². The number of aryl methyl sites for hydroxylation is 1. The Bertz CT molecular complexity index is 801. The first kappa shape index (κ1) is 16.3. The molecule has 0 unspecified atom stereocenters. The largest absolute Gasteiger partial charge is 0.352 e. The third kappa shape index (κ3) is 3.86. The number of amides is 1. The molecule has 1 amide bonds.